The van der Waals surface area contributed by atoms with Crippen molar-refractivity contribution < 1.29 is 28.6 Å². The molecule has 42 heavy (non-hydrogen) atoms. The van der Waals surface area contributed by atoms with Crippen LogP contribution >= 0.6 is 0 Å². The van der Waals surface area contributed by atoms with E-state index in [4.69, 9.17) is 9.47 Å². The van der Waals surface area contributed by atoms with Crippen LogP contribution in [0, 0.1) is 5.82 Å². The number of halogens is 1. The first-order valence-corrected chi connectivity index (χ1v) is 13.4. The van der Waals surface area contributed by atoms with Crippen LogP contribution in [-0.4, -0.2) is 65.0 Å². The second-order valence-electron chi connectivity index (χ2n) is 9.98. The molecule has 0 bridgehead atoms. The van der Waals surface area contributed by atoms with E-state index in [2.05, 4.69) is 10.3 Å². The lowest BCUT2D eigenvalue weighted by molar-refractivity contribution is 0.0898. The highest BCUT2D eigenvalue weighted by atomic mass is 19.1. The molecular weight excluding hydrogens is 543 g/mol. The van der Waals surface area contributed by atoms with Gasteiger partial charge in [0, 0.05) is 32.9 Å². The first kappa shape index (κ1) is 30.2. The second kappa shape index (κ2) is 13.7. The molecule has 0 spiro atoms. The van der Waals surface area contributed by atoms with E-state index in [1.807, 2.05) is 30.3 Å². The molecule has 0 radical (unpaired) electrons. The molecule has 0 aliphatic rings. The Kier molecular flexibility index (Phi) is 9.87. The maximum absolute atomic E-state index is 13.6. The number of ether oxygens (including phenoxy) is 2. The fourth-order valence-corrected chi connectivity index (χ4v) is 4.55. The van der Waals surface area contributed by atoms with E-state index < -0.39 is 34.9 Å². The van der Waals surface area contributed by atoms with Crippen molar-refractivity contribution in [3.8, 4) is 5.75 Å². The van der Waals surface area contributed by atoms with Gasteiger partial charge in [0.05, 0.1) is 18.7 Å². The number of fused-ring (bicyclic) bond motifs is 1. The molecule has 0 fully saturated rings. The van der Waals surface area contributed by atoms with Crippen LogP contribution in [-0.2, 0) is 29.0 Å². The summed E-state index contributed by atoms with van der Waals surface area (Å²) in [5, 5.41) is 13.6. The lowest BCUT2D eigenvalue weighted by Crippen LogP contribution is -2.40. The molecule has 2 N–H and O–H groups in total. The predicted molar refractivity (Wildman–Crippen MR) is 155 cm³/mol. The van der Waals surface area contributed by atoms with Gasteiger partial charge in [0.15, 0.2) is 5.75 Å². The number of aromatic hydroxyl groups is 1. The van der Waals surface area contributed by atoms with E-state index in [1.165, 1.54) is 34.9 Å². The van der Waals surface area contributed by atoms with Crippen LogP contribution in [0.5, 0.6) is 5.75 Å². The van der Waals surface area contributed by atoms with Gasteiger partial charge in [-0.25, -0.2) is 9.18 Å². The van der Waals surface area contributed by atoms with Gasteiger partial charge in [-0.15, -0.1) is 0 Å². The number of benzene rings is 2. The van der Waals surface area contributed by atoms with E-state index in [0.29, 0.717) is 18.5 Å². The minimum Gasteiger partial charge on any atom is -0.505 e. The average Bonchev–Trinajstić information content (AvgIpc) is 2.96. The Morgan fingerprint density at radius 2 is 1.81 bits per heavy atom. The summed E-state index contributed by atoms with van der Waals surface area (Å²) in [5.41, 5.74) is 1.48. The SMILES string of the molecule is COCC(C)NC(=O)c1c(O)c2ncc(Cc3ccc(F)cc3)cc2n(CCOC(=O)N(C)Cc2ccccc2)c1=O. The summed E-state index contributed by atoms with van der Waals surface area (Å²) in [4.78, 5) is 45.1. The molecule has 2 aromatic carbocycles. The molecule has 0 aliphatic heterocycles. The van der Waals surface area contributed by atoms with Crippen LogP contribution in [0.15, 0.2) is 71.7 Å². The molecule has 2 heterocycles. The van der Waals surface area contributed by atoms with Crippen molar-refractivity contribution in [2.45, 2.75) is 32.5 Å². The summed E-state index contributed by atoms with van der Waals surface area (Å²) in [6.07, 6.45) is 1.32. The Labute approximate surface area is 242 Å². The van der Waals surface area contributed by atoms with Crippen LogP contribution in [0.3, 0.4) is 0 Å². The quantitative estimate of drug-likeness (QED) is 0.278. The normalized spacial score (nSPS) is 11.7. The third-order valence-corrected chi connectivity index (χ3v) is 6.59. The predicted octanol–water partition coefficient (Wildman–Crippen LogP) is 3.87. The van der Waals surface area contributed by atoms with Crippen molar-refractivity contribution in [3.05, 3.63) is 105 Å². The second-order valence-corrected chi connectivity index (χ2v) is 9.98. The number of aromatic nitrogens is 2. The molecule has 0 saturated heterocycles. The number of carbonyl (C=O) groups is 2. The van der Waals surface area contributed by atoms with E-state index in [0.717, 1.165) is 11.1 Å². The highest BCUT2D eigenvalue weighted by Gasteiger charge is 2.25. The number of hydrogen-bond acceptors (Lipinski definition) is 7. The van der Waals surface area contributed by atoms with E-state index in [9.17, 15) is 23.9 Å². The van der Waals surface area contributed by atoms with Gasteiger partial charge in [0.1, 0.15) is 23.5 Å². The van der Waals surface area contributed by atoms with E-state index >= 15 is 0 Å². The summed E-state index contributed by atoms with van der Waals surface area (Å²) in [5.74, 6) is -1.69. The maximum atomic E-state index is 13.6. The van der Waals surface area contributed by atoms with Gasteiger partial charge < -0.3 is 29.4 Å². The minimum atomic E-state index is -0.783. The molecule has 2 aromatic heterocycles. The molecule has 4 aromatic rings. The highest BCUT2D eigenvalue weighted by molar-refractivity contribution is 6.01. The molecule has 11 heteroatoms. The van der Waals surface area contributed by atoms with Crippen molar-refractivity contribution in [1.82, 2.24) is 19.8 Å². The number of nitrogens with one attached hydrogen (secondary N) is 1. The number of nitrogens with zero attached hydrogens (tertiary/aromatic N) is 3. The summed E-state index contributed by atoms with van der Waals surface area (Å²) in [6.45, 7) is 1.95. The Hall–Kier alpha value is -4.77. The molecule has 1 unspecified atom stereocenters. The third kappa shape index (κ3) is 7.29. The minimum absolute atomic E-state index is 0.0366. The summed E-state index contributed by atoms with van der Waals surface area (Å²) in [6, 6.07) is 16.6. The number of hydrogen-bond donors (Lipinski definition) is 2. The standard InChI is InChI=1S/C31H33FN4O6/c1-20(19-41-3)34-29(38)26-28(37)27-25(16-23(17-33-27)15-21-9-11-24(32)12-10-21)36(30(26)39)13-14-42-31(40)35(2)18-22-7-5-4-6-8-22/h4-12,16-17,20,37H,13-15,18-19H2,1-3H3,(H,34,38). The van der Waals surface area contributed by atoms with Crippen molar-refractivity contribution in [2.75, 3.05) is 27.4 Å². The fourth-order valence-electron chi connectivity index (χ4n) is 4.55. The molecule has 1 atom stereocenters. The lowest BCUT2D eigenvalue weighted by atomic mass is 10.1. The zero-order chi connectivity index (χ0) is 30.2. The Morgan fingerprint density at radius 1 is 1.10 bits per heavy atom. The van der Waals surface area contributed by atoms with Gasteiger partial charge in [-0.3, -0.25) is 14.6 Å². The largest absolute Gasteiger partial charge is 0.505 e. The number of amides is 2. The molecule has 0 aliphatic carbocycles. The van der Waals surface area contributed by atoms with Crippen LogP contribution in [0.25, 0.3) is 11.0 Å². The number of methoxy groups -OCH3 is 1. The smallest absolute Gasteiger partial charge is 0.409 e. The van der Waals surface area contributed by atoms with Crippen LogP contribution in [0.4, 0.5) is 9.18 Å². The first-order valence-electron chi connectivity index (χ1n) is 13.4. The Bertz CT molecular complexity index is 1610. The highest BCUT2D eigenvalue weighted by Crippen LogP contribution is 2.26. The molecule has 10 nitrogen and oxygen atoms in total. The monoisotopic (exact) mass is 576 g/mol. The van der Waals surface area contributed by atoms with E-state index in [1.54, 1.807) is 32.2 Å². The summed E-state index contributed by atoms with van der Waals surface area (Å²) in [7, 11) is 3.09. The topological polar surface area (TPSA) is 123 Å². The Morgan fingerprint density at radius 3 is 2.50 bits per heavy atom. The lowest BCUT2D eigenvalue weighted by Gasteiger charge is -2.19. The van der Waals surface area contributed by atoms with Crippen molar-refractivity contribution in [3.63, 3.8) is 0 Å². The van der Waals surface area contributed by atoms with Crippen LogP contribution < -0.4 is 10.9 Å². The average molecular weight is 577 g/mol. The van der Waals surface area contributed by atoms with Crippen LogP contribution in [0.2, 0.25) is 0 Å². The zero-order valence-corrected chi connectivity index (χ0v) is 23.7. The summed E-state index contributed by atoms with van der Waals surface area (Å²) >= 11 is 0. The summed E-state index contributed by atoms with van der Waals surface area (Å²) < 4.78 is 25.1. The number of carbonyl (C=O) groups excluding carboxylic acids is 2. The van der Waals surface area contributed by atoms with Gasteiger partial charge >= 0.3 is 6.09 Å². The number of rotatable bonds is 11. The third-order valence-electron chi connectivity index (χ3n) is 6.59. The van der Waals surface area contributed by atoms with Gasteiger partial charge in [-0.1, -0.05) is 42.5 Å². The van der Waals surface area contributed by atoms with Gasteiger partial charge in [-0.05, 0) is 48.2 Å². The molecular formula is C31H33FN4O6. The Balaban J connectivity index is 1.64. The zero-order valence-electron chi connectivity index (χ0n) is 23.7. The number of pyridine rings is 2. The van der Waals surface area contributed by atoms with Gasteiger partial charge in [0.2, 0.25) is 0 Å². The van der Waals surface area contributed by atoms with Crippen molar-refractivity contribution >= 4 is 23.0 Å². The molecule has 0 saturated carbocycles. The molecule has 4 rings (SSSR count). The maximum Gasteiger partial charge on any atom is 0.409 e. The first-order chi connectivity index (χ1) is 20.2. The molecule has 220 valence electrons. The van der Waals surface area contributed by atoms with Crippen molar-refractivity contribution in [1.29, 1.82) is 0 Å². The van der Waals surface area contributed by atoms with Gasteiger partial charge in [0.25, 0.3) is 11.5 Å². The molecule has 2 amide bonds. The fraction of sp³-hybridized carbons (Fsp3) is 0.290. The van der Waals surface area contributed by atoms with Crippen molar-refractivity contribution in [2.24, 2.45) is 0 Å². The van der Waals surface area contributed by atoms with E-state index in [-0.39, 0.29) is 36.6 Å². The van der Waals surface area contributed by atoms with Gasteiger partial charge in [-0.2, -0.15) is 0 Å². The van der Waals surface area contributed by atoms with Crippen LogP contribution in [0.1, 0.15) is 34.0 Å².